The average molecular weight is 324 g/mol. The Bertz CT molecular complexity index is 879. The molecule has 6 heteroatoms. The van der Waals surface area contributed by atoms with Gasteiger partial charge in [0.1, 0.15) is 11.6 Å². The van der Waals surface area contributed by atoms with Crippen LogP contribution in [0.1, 0.15) is 24.2 Å². The summed E-state index contributed by atoms with van der Waals surface area (Å²) < 4.78 is 13.7. The number of aromatic nitrogens is 3. The lowest BCUT2D eigenvalue weighted by molar-refractivity contribution is 0.535. The summed E-state index contributed by atoms with van der Waals surface area (Å²) >= 11 is 0. The summed E-state index contributed by atoms with van der Waals surface area (Å²) in [6.45, 7) is 2.24. The zero-order valence-electron chi connectivity index (χ0n) is 13.2. The van der Waals surface area contributed by atoms with E-state index < -0.39 is 0 Å². The van der Waals surface area contributed by atoms with Crippen molar-refractivity contribution in [1.29, 1.82) is 0 Å². The normalized spacial score (nSPS) is 12.1. The predicted octanol–water partition coefficient (Wildman–Crippen LogP) is 2.82. The molecule has 2 heterocycles. The van der Waals surface area contributed by atoms with Gasteiger partial charge in [0.15, 0.2) is 0 Å². The molecule has 0 aliphatic heterocycles. The molecule has 1 atom stereocenters. The van der Waals surface area contributed by atoms with E-state index in [1.165, 1.54) is 12.1 Å². The first-order valence-electron chi connectivity index (χ1n) is 7.62. The maximum atomic E-state index is 13.7. The van der Waals surface area contributed by atoms with Gasteiger partial charge >= 0.3 is 0 Å². The minimum absolute atomic E-state index is 0.206. The van der Waals surface area contributed by atoms with Crippen LogP contribution in [0.2, 0.25) is 0 Å². The summed E-state index contributed by atoms with van der Waals surface area (Å²) in [5, 5.41) is 3.19. The molecule has 0 fully saturated rings. The lowest BCUT2D eigenvalue weighted by Crippen LogP contribution is -2.22. The number of hydrogen-bond acceptors (Lipinski definition) is 4. The van der Waals surface area contributed by atoms with Crippen molar-refractivity contribution in [3.8, 4) is 11.4 Å². The molecular weight excluding hydrogens is 307 g/mol. The van der Waals surface area contributed by atoms with Crippen LogP contribution in [0.25, 0.3) is 11.4 Å². The van der Waals surface area contributed by atoms with Gasteiger partial charge in [-0.25, -0.2) is 9.37 Å². The van der Waals surface area contributed by atoms with Crippen molar-refractivity contribution >= 4 is 0 Å². The third kappa shape index (κ3) is 3.72. The third-order valence-electron chi connectivity index (χ3n) is 3.70. The number of aromatic amines is 1. The maximum absolute atomic E-state index is 13.7. The summed E-state index contributed by atoms with van der Waals surface area (Å²) in [6, 6.07) is 11.4. The van der Waals surface area contributed by atoms with Crippen LogP contribution in [-0.2, 0) is 6.54 Å². The summed E-state index contributed by atoms with van der Waals surface area (Å²) in [5.74, 6) is 0.206. The smallest absolute Gasteiger partial charge is 0.251 e. The highest BCUT2D eigenvalue weighted by Gasteiger charge is 2.11. The number of rotatable bonds is 5. The van der Waals surface area contributed by atoms with E-state index in [1.54, 1.807) is 36.7 Å². The number of pyridine rings is 1. The molecule has 0 aliphatic carbocycles. The van der Waals surface area contributed by atoms with Gasteiger partial charge in [-0.1, -0.05) is 18.2 Å². The maximum Gasteiger partial charge on any atom is 0.251 e. The summed E-state index contributed by atoms with van der Waals surface area (Å²) in [7, 11) is 0. The van der Waals surface area contributed by atoms with E-state index >= 15 is 0 Å². The van der Waals surface area contributed by atoms with E-state index in [1.807, 2.05) is 13.0 Å². The number of hydrogen-bond donors (Lipinski definition) is 2. The molecule has 122 valence electrons. The number of nitrogens with zero attached hydrogens (tertiary/aromatic N) is 2. The van der Waals surface area contributed by atoms with Crippen molar-refractivity contribution in [2.24, 2.45) is 0 Å². The molecule has 0 bridgehead atoms. The van der Waals surface area contributed by atoms with Crippen LogP contribution in [0.4, 0.5) is 4.39 Å². The Labute approximate surface area is 138 Å². The van der Waals surface area contributed by atoms with E-state index in [0.29, 0.717) is 23.6 Å². The minimum Gasteiger partial charge on any atom is -0.306 e. The SMILES string of the molecule is C[C@H](NCc1ccccc1F)c1cc(=O)[nH]c(-c2cccnc2)n1. The zero-order valence-corrected chi connectivity index (χ0v) is 13.2. The third-order valence-corrected chi connectivity index (χ3v) is 3.70. The topological polar surface area (TPSA) is 70.7 Å². The van der Waals surface area contributed by atoms with Crippen LogP contribution in [0.3, 0.4) is 0 Å². The van der Waals surface area contributed by atoms with Crippen molar-refractivity contribution in [2.45, 2.75) is 19.5 Å². The van der Waals surface area contributed by atoms with Crippen molar-refractivity contribution in [3.05, 3.63) is 82.3 Å². The average Bonchev–Trinajstić information content (AvgIpc) is 2.61. The molecule has 5 nitrogen and oxygen atoms in total. The van der Waals surface area contributed by atoms with E-state index in [4.69, 9.17) is 0 Å². The highest BCUT2D eigenvalue weighted by molar-refractivity contribution is 5.52. The Hall–Kier alpha value is -2.86. The molecule has 3 rings (SSSR count). The molecule has 0 spiro atoms. The van der Waals surface area contributed by atoms with Gasteiger partial charge in [-0.3, -0.25) is 9.78 Å². The van der Waals surface area contributed by atoms with Crippen molar-refractivity contribution in [3.63, 3.8) is 0 Å². The molecule has 0 aliphatic rings. The molecule has 0 radical (unpaired) electrons. The van der Waals surface area contributed by atoms with Crippen LogP contribution < -0.4 is 10.9 Å². The Balaban J connectivity index is 1.80. The molecule has 2 N–H and O–H groups in total. The van der Waals surface area contributed by atoms with Gasteiger partial charge < -0.3 is 10.3 Å². The van der Waals surface area contributed by atoms with Gasteiger partial charge in [0.05, 0.1) is 5.69 Å². The number of benzene rings is 1. The minimum atomic E-state index is -0.257. The van der Waals surface area contributed by atoms with Gasteiger partial charge in [-0.05, 0) is 25.1 Å². The molecule has 24 heavy (non-hydrogen) atoms. The van der Waals surface area contributed by atoms with Gasteiger partial charge in [-0.2, -0.15) is 0 Å². The lowest BCUT2D eigenvalue weighted by Gasteiger charge is -2.14. The standard InChI is InChI=1S/C18H17FN4O/c1-12(21-11-13-5-2-3-7-15(13)19)16-9-17(24)23-18(22-16)14-6-4-8-20-10-14/h2-10,12,21H,11H2,1H3,(H,22,23,24)/t12-/m0/s1. The molecule has 2 aromatic heterocycles. The Morgan fingerprint density at radius 1 is 1.25 bits per heavy atom. The second-order valence-corrected chi connectivity index (χ2v) is 5.45. The van der Waals surface area contributed by atoms with Gasteiger partial charge in [0.25, 0.3) is 5.56 Å². The molecule has 1 aromatic carbocycles. The number of halogens is 1. The first-order valence-corrected chi connectivity index (χ1v) is 7.62. The van der Waals surface area contributed by atoms with Crippen LogP contribution in [0.5, 0.6) is 0 Å². The molecule has 3 aromatic rings. The van der Waals surface area contributed by atoms with E-state index in [-0.39, 0.29) is 17.4 Å². The van der Waals surface area contributed by atoms with Gasteiger partial charge in [-0.15, -0.1) is 0 Å². The van der Waals surface area contributed by atoms with E-state index in [2.05, 4.69) is 20.3 Å². The lowest BCUT2D eigenvalue weighted by atomic mass is 10.1. The fourth-order valence-electron chi connectivity index (χ4n) is 2.35. The van der Waals surface area contributed by atoms with Gasteiger partial charge in [0, 0.05) is 42.2 Å². The Kier molecular flexibility index (Phi) is 4.77. The summed E-state index contributed by atoms with van der Waals surface area (Å²) in [5.41, 5.74) is 1.66. The first-order chi connectivity index (χ1) is 11.6. The monoisotopic (exact) mass is 324 g/mol. The van der Waals surface area contributed by atoms with Crippen LogP contribution in [0, 0.1) is 5.82 Å². The molecule has 0 saturated carbocycles. The molecule has 0 unspecified atom stereocenters. The van der Waals surface area contributed by atoms with Gasteiger partial charge in [0.2, 0.25) is 0 Å². The number of H-pyrrole nitrogens is 1. The summed E-state index contributed by atoms with van der Waals surface area (Å²) in [4.78, 5) is 23.1. The van der Waals surface area contributed by atoms with Crippen molar-refractivity contribution in [2.75, 3.05) is 0 Å². The van der Waals surface area contributed by atoms with Crippen molar-refractivity contribution in [1.82, 2.24) is 20.3 Å². The highest BCUT2D eigenvalue weighted by atomic mass is 19.1. The fraction of sp³-hybridized carbons (Fsp3) is 0.167. The highest BCUT2D eigenvalue weighted by Crippen LogP contribution is 2.15. The number of nitrogens with one attached hydrogen (secondary N) is 2. The van der Waals surface area contributed by atoms with E-state index in [0.717, 1.165) is 5.56 Å². The van der Waals surface area contributed by atoms with Crippen LogP contribution in [-0.4, -0.2) is 15.0 Å². The Morgan fingerprint density at radius 3 is 2.83 bits per heavy atom. The Morgan fingerprint density at radius 2 is 2.08 bits per heavy atom. The molecular formula is C18H17FN4O. The molecule has 0 amide bonds. The quantitative estimate of drug-likeness (QED) is 0.757. The second-order valence-electron chi connectivity index (χ2n) is 5.45. The predicted molar refractivity (Wildman–Crippen MR) is 89.7 cm³/mol. The fourth-order valence-corrected chi connectivity index (χ4v) is 2.35. The van der Waals surface area contributed by atoms with Crippen LogP contribution in [0.15, 0.2) is 59.7 Å². The summed E-state index contributed by atoms with van der Waals surface area (Å²) in [6.07, 6.45) is 3.30. The van der Waals surface area contributed by atoms with Crippen LogP contribution >= 0.6 is 0 Å². The largest absolute Gasteiger partial charge is 0.306 e. The second kappa shape index (κ2) is 7.14. The van der Waals surface area contributed by atoms with E-state index in [9.17, 15) is 9.18 Å². The van der Waals surface area contributed by atoms with Crippen molar-refractivity contribution < 1.29 is 4.39 Å². The molecule has 0 saturated heterocycles. The first kappa shape index (κ1) is 16.0. The zero-order chi connectivity index (χ0) is 16.9.